The standard InChI is InChI=1S/C19H14ClFN6O2/c1-10-15(17(24-29-10)16-13(20)7-4-8-14(16)21)19(28)22-12-6-3-5-11(9-12)18-23-25-26-27(18)2/h3-9H,1-2H3,(H,22,28). The van der Waals surface area contributed by atoms with Crippen LogP contribution < -0.4 is 5.32 Å². The van der Waals surface area contributed by atoms with Crippen molar-refractivity contribution in [2.24, 2.45) is 7.05 Å². The lowest BCUT2D eigenvalue weighted by molar-refractivity contribution is 0.102. The summed E-state index contributed by atoms with van der Waals surface area (Å²) in [6.07, 6.45) is 0. The molecule has 4 aromatic rings. The van der Waals surface area contributed by atoms with E-state index < -0.39 is 11.7 Å². The number of nitrogens with zero attached hydrogens (tertiary/aromatic N) is 5. The van der Waals surface area contributed by atoms with Crippen molar-refractivity contribution < 1.29 is 13.7 Å². The zero-order valence-electron chi connectivity index (χ0n) is 15.3. The van der Waals surface area contributed by atoms with Crippen molar-refractivity contribution in [1.82, 2.24) is 25.4 Å². The zero-order valence-corrected chi connectivity index (χ0v) is 16.1. The van der Waals surface area contributed by atoms with Crippen LogP contribution >= 0.6 is 11.6 Å². The molecule has 0 unspecified atom stereocenters. The van der Waals surface area contributed by atoms with Gasteiger partial charge in [-0.05, 0) is 41.6 Å². The van der Waals surface area contributed by atoms with Crippen LogP contribution in [0.2, 0.25) is 5.02 Å². The lowest BCUT2D eigenvalue weighted by atomic mass is 10.0. The van der Waals surface area contributed by atoms with E-state index >= 15 is 0 Å². The molecule has 29 heavy (non-hydrogen) atoms. The first kappa shape index (κ1) is 18.8. The van der Waals surface area contributed by atoms with Crippen molar-refractivity contribution in [2.45, 2.75) is 6.92 Å². The first-order valence-electron chi connectivity index (χ1n) is 8.50. The fourth-order valence-electron chi connectivity index (χ4n) is 2.94. The molecule has 0 atom stereocenters. The van der Waals surface area contributed by atoms with Gasteiger partial charge in [-0.1, -0.05) is 35.0 Å². The van der Waals surface area contributed by atoms with E-state index in [0.717, 1.165) is 5.56 Å². The molecule has 1 amide bonds. The average Bonchev–Trinajstić information content (AvgIpc) is 3.27. The molecule has 0 aliphatic rings. The third-order valence-corrected chi connectivity index (χ3v) is 4.60. The van der Waals surface area contributed by atoms with Gasteiger partial charge >= 0.3 is 0 Å². The smallest absolute Gasteiger partial charge is 0.261 e. The number of aryl methyl sites for hydroxylation is 2. The number of aromatic nitrogens is 5. The number of amides is 1. The third kappa shape index (κ3) is 3.47. The van der Waals surface area contributed by atoms with Gasteiger partial charge in [0.25, 0.3) is 5.91 Å². The van der Waals surface area contributed by atoms with Crippen LogP contribution in [0.5, 0.6) is 0 Å². The van der Waals surface area contributed by atoms with Crippen LogP contribution in [-0.4, -0.2) is 31.3 Å². The summed E-state index contributed by atoms with van der Waals surface area (Å²) in [5, 5.41) is 18.1. The van der Waals surface area contributed by atoms with Gasteiger partial charge in [-0.25, -0.2) is 9.07 Å². The maximum absolute atomic E-state index is 14.3. The fourth-order valence-corrected chi connectivity index (χ4v) is 3.19. The summed E-state index contributed by atoms with van der Waals surface area (Å²) in [4.78, 5) is 13.0. The molecular formula is C19H14ClFN6O2. The monoisotopic (exact) mass is 412 g/mol. The molecule has 0 aliphatic heterocycles. The number of nitrogens with one attached hydrogen (secondary N) is 1. The van der Waals surface area contributed by atoms with Crippen molar-refractivity contribution in [3.8, 4) is 22.6 Å². The Kier molecular flexibility index (Phi) is 4.81. The van der Waals surface area contributed by atoms with E-state index in [2.05, 4.69) is 26.0 Å². The maximum atomic E-state index is 14.3. The van der Waals surface area contributed by atoms with E-state index in [-0.39, 0.29) is 27.6 Å². The van der Waals surface area contributed by atoms with Gasteiger partial charge in [0, 0.05) is 18.3 Å². The van der Waals surface area contributed by atoms with Gasteiger partial charge in [0.1, 0.15) is 22.8 Å². The largest absolute Gasteiger partial charge is 0.360 e. The van der Waals surface area contributed by atoms with Crippen molar-refractivity contribution in [3.05, 3.63) is 64.6 Å². The molecule has 0 bridgehead atoms. The Labute approximate surface area is 169 Å². The van der Waals surface area contributed by atoms with Gasteiger partial charge in [-0.3, -0.25) is 4.79 Å². The molecule has 146 valence electrons. The van der Waals surface area contributed by atoms with Crippen molar-refractivity contribution >= 4 is 23.2 Å². The molecule has 0 spiro atoms. The van der Waals surface area contributed by atoms with Gasteiger partial charge in [0.15, 0.2) is 5.82 Å². The number of carbonyl (C=O) groups is 1. The van der Waals surface area contributed by atoms with Gasteiger partial charge in [-0.15, -0.1) is 5.10 Å². The number of hydrogen-bond acceptors (Lipinski definition) is 6. The molecule has 2 aromatic carbocycles. The van der Waals surface area contributed by atoms with Crippen molar-refractivity contribution in [2.75, 3.05) is 5.32 Å². The highest BCUT2D eigenvalue weighted by molar-refractivity contribution is 6.33. The van der Waals surface area contributed by atoms with Crippen LogP contribution in [-0.2, 0) is 7.05 Å². The molecule has 0 radical (unpaired) electrons. The van der Waals surface area contributed by atoms with E-state index in [9.17, 15) is 9.18 Å². The normalized spacial score (nSPS) is 10.9. The van der Waals surface area contributed by atoms with Crippen LogP contribution in [0.3, 0.4) is 0 Å². The van der Waals surface area contributed by atoms with Crippen LogP contribution in [0, 0.1) is 12.7 Å². The van der Waals surface area contributed by atoms with E-state index in [1.54, 1.807) is 32.2 Å². The van der Waals surface area contributed by atoms with Crippen LogP contribution in [0.25, 0.3) is 22.6 Å². The van der Waals surface area contributed by atoms with E-state index in [1.165, 1.54) is 22.9 Å². The lowest BCUT2D eigenvalue weighted by Gasteiger charge is -2.08. The van der Waals surface area contributed by atoms with Crippen molar-refractivity contribution in [1.29, 1.82) is 0 Å². The van der Waals surface area contributed by atoms with E-state index in [0.29, 0.717) is 11.5 Å². The van der Waals surface area contributed by atoms with E-state index in [4.69, 9.17) is 16.1 Å². The molecule has 4 rings (SSSR count). The minimum absolute atomic E-state index is 0.00933. The minimum atomic E-state index is -0.600. The minimum Gasteiger partial charge on any atom is -0.360 e. The molecule has 2 aromatic heterocycles. The predicted molar refractivity (Wildman–Crippen MR) is 104 cm³/mol. The second kappa shape index (κ2) is 7.44. The Morgan fingerprint density at radius 3 is 2.76 bits per heavy atom. The summed E-state index contributed by atoms with van der Waals surface area (Å²) >= 11 is 6.13. The molecule has 10 heteroatoms. The Balaban J connectivity index is 1.69. The van der Waals surface area contributed by atoms with Gasteiger partial charge < -0.3 is 9.84 Å². The number of carbonyl (C=O) groups excluding carboxylic acids is 1. The Morgan fingerprint density at radius 2 is 2.03 bits per heavy atom. The molecule has 0 saturated carbocycles. The first-order chi connectivity index (χ1) is 14.0. The maximum Gasteiger partial charge on any atom is 0.261 e. The molecule has 2 heterocycles. The van der Waals surface area contributed by atoms with E-state index in [1.807, 2.05) is 6.07 Å². The number of rotatable bonds is 4. The van der Waals surface area contributed by atoms with Gasteiger partial charge in [0.05, 0.1) is 10.6 Å². The fraction of sp³-hybridized carbons (Fsp3) is 0.105. The molecule has 1 N–H and O–H groups in total. The quantitative estimate of drug-likeness (QED) is 0.546. The lowest BCUT2D eigenvalue weighted by Crippen LogP contribution is -2.14. The highest BCUT2D eigenvalue weighted by atomic mass is 35.5. The van der Waals surface area contributed by atoms with Crippen molar-refractivity contribution in [3.63, 3.8) is 0 Å². The summed E-state index contributed by atoms with van der Waals surface area (Å²) in [6.45, 7) is 1.57. The molecule has 0 saturated heterocycles. The Morgan fingerprint density at radius 1 is 1.24 bits per heavy atom. The van der Waals surface area contributed by atoms with Crippen LogP contribution in [0.4, 0.5) is 10.1 Å². The molecule has 0 aliphatic carbocycles. The second-order valence-corrected chi connectivity index (χ2v) is 6.63. The number of hydrogen-bond donors (Lipinski definition) is 1. The Hall–Kier alpha value is -3.59. The summed E-state index contributed by atoms with van der Waals surface area (Å²) in [5.41, 5.74) is 1.37. The zero-order chi connectivity index (χ0) is 20.5. The molecular weight excluding hydrogens is 399 g/mol. The third-order valence-electron chi connectivity index (χ3n) is 4.29. The number of anilines is 1. The van der Waals surface area contributed by atoms with Crippen LogP contribution in [0.15, 0.2) is 47.0 Å². The molecule has 0 fully saturated rings. The van der Waals surface area contributed by atoms with Gasteiger partial charge in [-0.2, -0.15) is 0 Å². The summed E-state index contributed by atoms with van der Waals surface area (Å²) < 4.78 is 21.0. The summed E-state index contributed by atoms with van der Waals surface area (Å²) in [7, 11) is 1.71. The van der Waals surface area contributed by atoms with Crippen LogP contribution in [0.1, 0.15) is 16.1 Å². The number of halogens is 2. The number of tetrazole rings is 1. The topological polar surface area (TPSA) is 98.7 Å². The highest BCUT2D eigenvalue weighted by Gasteiger charge is 2.25. The predicted octanol–water partition coefficient (Wildman–Crippen LogP) is 3.89. The first-order valence-corrected chi connectivity index (χ1v) is 8.88. The number of benzene rings is 2. The second-order valence-electron chi connectivity index (χ2n) is 6.22. The summed E-state index contributed by atoms with van der Waals surface area (Å²) in [5.74, 6) is -0.325. The van der Waals surface area contributed by atoms with Gasteiger partial charge in [0.2, 0.25) is 0 Å². The average molecular weight is 413 g/mol. The molecule has 8 nitrogen and oxygen atoms in total. The SMILES string of the molecule is Cc1onc(-c2c(F)cccc2Cl)c1C(=O)Nc1cccc(-c2nnnn2C)c1. The summed E-state index contributed by atoms with van der Waals surface area (Å²) in [6, 6.07) is 11.2. The Bertz CT molecular complexity index is 1200. The highest BCUT2D eigenvalue weighted by Crippen LogP contribution is 2.34.